The van der Waals surface area contributed by atoms with Gasteiger partial charge in [-0.15, -0.1) is 0 Å². The zero-order chi connectivity index (χ0) is 13.9. The molecule has 3 rings (SSSR count). The first-order valence-electron chi connectivity index (χ1n) is 6.72. The highest BCUT2D eigenvalue weighted by molar-refractivity contribution is 6.30. The van der Waals surface area contributed by atoms with Gasteiger partial charge in [0.1, 0.15) is 0 Å². The van der Waals surface area contributed by atoms with Crippen LogP contribution in [0, 0.1) is 5.92 Å². The van der Waals surface area contributed by atoms with E-state index in [0.717, 1.165) is 17.5 Å². The number of Topliss-reactive ketones (excluding diaryl/α,β-unsaturated/α-hetero) is 1. The Morgan fingerprint density at radius 2 is 1.75 bits per heavy atom. The minimum absolute atomic E-state index is 0.112. The van der Waals surface area contributed by atoms with Gasteiger partial charge in [-0.2, -0.15) is 0 Å². The predicted octanol–water partition coefficient (Wildman–Crippen LogP) is 4.30. The van der Waals surface area contributed by atoms with Crippen LogP contribution < -0.4 is 0 Å². The third kappa shape index (κ3) is 2.62. The molecule has 0 bridgehead atoms. The molecule has 2 atom stereocenters. The molecule has 1 heterocycles. The Hall–Kier alpha value is -1.64. The molecule has 0 N–H and O–H groups in total. The van der Waals surface area contributed by atoms with E-state index in [-0.39, 0.29) is 17.8 Å². The maximum absolute atomic E-state index is 12.6. The van der Waals surface area contributed by atoms with Gasteiger partial charge in [0.15, 0.2) is 5.78 Å². The Labute approximate surface area is 123 Å². The van der Waals surface area contributed by atoms with E-state index < -0.39 is 0 Å². The maximum atomic E-state index is 12.6. The average molecular weight is 287 g/mol. The van der Waals surface area contributed by atoms with E-state index in [1.54, 1.807) is 0 Å². The van der Waals surface area contributed by atoms with Crippen LogP contribution in [0.15, 0.2) is 54.6 Å². The van der Waals surface area contributed by atoms with Crippen molar-refractivity contribution in [3.63, 3.8) is 0 Å². The first kappa shape index (κ1) is 13.3. The number of hydrogen-bond acceptors (Lipinski definition) is 2. The summed E-state index contributed by atoms with van der Waals surface area (Å²) < 4.78 is 5.77. The molecule has 0 unspecified atom stereocenters. The largest absolute Gasteiger partial charge is 0.373 e. The average Bonchev–Trinajstić information content (AvgIpc) is 2.97. The fourth-order valence-electron chi connectivity index (χ4n) is 2.66. The molecule has 0 amide bonds. The SMILES string of the molecule is O=C(c1ccccc1)[C@H]1CCO[C@@H]1c1ccc(Cl)cc1. The molecule has 0 aromatic heterocycles. The molecule has 1 fully saturated rings. The molecule has 0 aliphatic carbocycles. The van der Waals surface area contributed by atoms with Crippen LogP contribution in [0.2, 0.25) is 5.02 Å². The summed E-state index contributed by atoms with van der Waals surface area (Å²) >= 11 is 5.91. The molecular weight excluding hydrogens is 272 g/mol. The summed E-state index contributed by atoms with van der Waals surface area (Å²) in [6.07, 6.45) is 0.598. The van der Waals surface area contributed by atoms with E-state index in [1.165, 1.54) is 0 Å². The van der Waals surface area contributed by atoms with Gasteiger partial charge in [0.05, 0.1) is 12.0 Å². The quantitative estimate of drug-likeness (QED) is 0.786. The van der Waals surface area contributed by atoms with E-state index in [4.69, 9.17) is 16.3 Å². The standard InChI is InChI=1S/C17H15ClO2/c18-14-8-6-13(7-9-14)17-15(10-11-20-17)16(19)12-4-2-1-3-5-12/h1-9,15,17H,10-11H2/t15-,17-/m1/s1. The van der Waals surface area contributed by atoms with E-state index in [0.29, 0.717) is 11.6 Å². The summed E-state index contributed by atoms with van der Waals surface area (Å²) in [4.78, 5) is 12.6. The van der Waals surface area contributed by atoms with Crippen LogP contribution in [0.1, 0.15) is 28.4 Å². The fourth-order valence-corrected chi connectivity index (χ4v) is 2.78. The molecule has 1 aliphatic heterocycles. The van der Waals surface area contributed by atoms with Gasteiger partial charge in [0, 0.05) is 17.2 Å². The van der Waals surface area contributed by atoms with Crippen molar-refractivity contribution in [2.45, 2.75) is 12.5 Å². The van der Waals surface area contributed by atoms with Gasteiger partial charge in [-0.25, -0.2) is 0 Å². The predicted molar refractivity (Wildman–Crippen MR) is 79.0 cm³/mol. The fraction of sp³-hybridized carbons (Fsp3) is 0.235. The molecule has 2 nitrogen and oxygen atoms in total. The molecule has 2 aromatic carbocycles. The molecule has 0 saturated carbocycles. The minimum Gasteiger partial charge on any atom is -0.373 e. The maximum Gasteiger partial charge on any atom is 0.168 e. The second-order valence-electron chi connectivity index (χ2n) is 4.97. The van der Waals surface area contributed by atoms with Crippen LogP contribution in [-0.4, -0.2) is 12.4 Å². The van der Waals surface area contributed by atoms with Gasteiger partial charge in [0.25, 0.3) is 0 Å². The third-order valence-electron chi connectivity index (χ3n) is 3.69. The van der Waals surface area contributed by atoms with Crippen molar-refractivity contribution in [1.82, 2.24) is 0 Å². The summed E-state index contributed by atoms with van der Waals surface area (Å²) in [5.41, 5.74) is 1.77. The van der Waals surface area contributed by atoms with Crippen molar-refractivity contribution in [3.05, 3.63) is 70.7 Å². The lowest BCUT2D eigenvalue weighted by Gasteiger charge is -2.18. The first-order valence-corrected chi connectivity index (χ1v) is 7.10. The molecule has 3 heteroatoms. The van der Waals surface area contributed by atoms with Crippen molar-refractivity contribution >= 4 is 17.4 Å². The number of hydrogen-bond donors (Lipinski definition) is 0. The summed E-state index contributed by atoms with van der Waals surface area (Å²) in [6, 6.07) is 17.0. The zero-order valence-corrected chi connectivity index (χ0v) is 11.7. The van der Waals surface area contributed by atoms with Gasteiger partial charge in [-0.1, -0.05) is 54.1 Å². The van der Waals surface area contributed by atoms with Gasteiger partial charge in [-0.3, -0.25) is 4.79 Å². The van der Waals surface area contributed by atoms with Crippen LogP contribution in [0.25, 0.3) is 0 Å². The smallest absolute Gasteiger partial charge is 0.168 e. The highest BCUT2D eigenvalue weighted by atomic mass is 35.5. The molecule has 1 saturated heterocycles. The Morgan fingerprint density at radius 1 is 1.05 bits per heavy atom. The van der Waals surface area contributed by atoms with Crippen LogP contribution in [-0.2, 0) is 4.74 Å². The number of carbonyl (C=O) groups is 1. The van der Waals surface area contributed by atoms with Gasteiger partial charge in [-0.05, 0) is 24.1 Å². The summed E-state index contributed by atoms with van der Waals surface area (Å²) in [5.74, 6) is 0.0432. The van der Waals surface area contributed by atoms with Gasteiger partial charge < -0.3 is 4.74 Å². The van der Waals surface area contributed by atoms with Crippen molar-refractivity contribution in [3.8, 4) is 0 Å². The van der Waals surface area contributed by atoms with E-state index in [9.17, 15) is 4.79 Å². The number of ketones is 1. The Balaban J connectivity index is 1.86. The Kier molecular flexibility index (Phi) is 3.86. The first-order chi connectivity index (χ1) is 9.75. The normalized spacial score (nSPS) is 21.9. The third-order valence-corrected chi connectivity index (χ3v) is 3.94. The lowest BCUT2D eigenvalue weighted by atomic mass is 9.88. The number of rotatable bonds is 3. The van der Waals surface area contributed by atoms with Crippen LogP contribution in [0.5, 0.6) is 0 Å². The molecule has 102 valence electrons. The van der Waals surface area contributed by atoms with E-state index in [2.05, 4.69) is 0 Å². The van der Waals surface area contributed by atoms with Gasteiger partial charge >= 0.3 is 0 Å². The zero-order valence-electron chi connectivity index (χ0n) is 11.0. The highest BCUT2D eigenvalue weighted by Crippen LogP contribution is 2.36. The highest BCUT2D eigenvalue weighted by Gasteiger charge is 2.35. The molecule has 0 spiro atoms. The molecule has 2 aromatic rings. The molecule has 0 radical (unpaired) electrons. The van der Waals surface area contributed by atoms with Crippen LogP contribution in [0.3, 0.4) is 0 Å². The summed E-state index contributed by atoms with van der Waals surface area (Å²) in [7, 11) is 0. The van der Waals surface area contributed by atoms with Crippen molar-refractivity contribution in [2.75, 3.05) is 6.61 Å². The van der Waals surface area contributed by atoms with E-state index in [1.807, 2.05) is 54.6 Å². The lowest BCUT2D eigenvalue weighted by Crippen LogP contribution is -2.18. The Morgan fingerprint density at radius 3 is 2.45 bits per heavy atom. The number of ether oxygens (including phenoxy) is 1. The number of benzene rings is 2. The molecule has 1 aliphatic rings. The summed E-state index contributed by atoms with van der Waals surface area (Å²) in [6.45, 7) is 0.622. The Bertz CT molecular complexity index is 592. The van der Waals surface area contributed by atoms with Crippen molar-refractivity contribution in [1.29, 1.82) is 0 Å². The van der Waals surface area contributed by atoms with E-state index >= 15 is 0 Å². The second kappa shape index (κ2) is 5.78. The summed E-state index contributed by atoms with van der Waals surface area (Å²) in [5, 5.41) is 0.692. The number of carbonyl (C=O) groups excluding carboxylic acids is 1. The second-order valence-corrected chi connectivity index (χ2v) is 5.40. The molecule has 20 heavy (non-hydrogen) atoms. The molecular formula is C17H15ClO2. The van der Waals surface area contributed by atoms with Crippen LogP contribution >= 0.6 is 11.6 Å². The number of halogens is 1. The minimum atomic E-state index is -0.167. The van der Waals surface area contributed by atoms with Gasteiger partial charge in [0.2, 0.25) is 0 Å². The van der Waals surface area contributed by atoms with Crippen molar-refractivity contribution < 1.29 is 9.53 Å². The lowest BCUT2D eigenvalue weighted by molar-refractivity contribution is 0.0701. The van der Waals surface area contributed by atoms with Crippen LogP contribution in [0.4, 0.5) is 0 Å². The van der Waals surface area contributed by atoms with Crippen molar-refractivity contribution in [2.24, 2.45) is 5.92 Å². The monoisotopic (exact) mass is 286 g/mol. The topological polar surface area (TPSA) is 26.3 Å².